The van der Waals surface area contributed by atoms with Crippen LogP contribution in [-0.4, -0.2) is 19.6 Å². The van der Waals surface area contributed by atoms with Crippen molar-refractivity contribution in [3.63, 3.8) is 0 Å². The van der Waals surface area contributed by atoms with Crippen LogP contribution in [0.1, 0.15) is 25.0 Å². The van der Waals surface area contributed by atoms with Crippen LogP contribution in [0.2, 0.25) is 0 Å². The molecule has 0 spiro atoms. The van der Waals surface area contributed by atoms with E-state index in [1.807, 2.05) is 48.7 Å². The van der Waals surface area contributed by atoms with Crippen LogP contribution in [0.3, 0.4) is 0 Å². The molecule has 0 unspecified atom stereocenters. The number of hydrogen-bond donors (Lipinski definition) is 1. The summed E-state index contributed by atoms with van der Waals surface area (Å²) in [4.78, 5) is 10.3. The van der Waals surface area contributed by atoms with E-state index in [0.29, 0.717) is 11.4 Å². The van der Waals surface area contributed by atoms with Crippen molar-refractivity contribution in [2.45, 2.75) is 19.3 Å². The molecular formula is C49H34N3O2Pt-. The van der Waals surface area contributed by atoms with Crippen LogP contribution >= 0.6 is 0 Å². The van der Waals surface area contributed by atoms with Crippen molar-refractivity contribution in [2.24, 2.45) is 0 Å². The second-order valence-electron chi connectivity index (χ2n) is 14.3. The number of benzene rings is 7. The summed E-state index contributed by atoms with van der Waals surface area (Å²) in [7, 11) is 0. The Balaban J connectivity index is 0.00000397. The van der Waals surface area contributed by atoms with E-state index in [-0.39, 0.29) is 32.2 Å². The van der Waals surface area contributed by atoms with E-state index in [1.54, 1.807) is 6.07 Å². The first-order chi connectivity index (χ1) is 26.5. The SMILES string of the molecule is CC(C)(c1ccccc1)c1cc(-c2cccc3c2nc(-c2ccccc2O)n3-c2ccccc2)[c-]c(-c2nccc3c2oc2ccc4ccccc4c23)c1.[Pt]. The van der Waals surface area contributed by atoms with E-state index in [9.17, 15) is 5.11 Å². The average molecular weight is 892 g/mol. The van der Waals surface area contributed by atoms with E-state index in [2.05, 4.69) is 134 Å². The van der Waals surface area contributed by atoms with Gasteiger partial charge < -0.3 is 9.52 Å². The number of hydrogen-bond acceptors (Lipinski definition) is 4. The van der Waals surface area contributed by atoms with E-state index in [1.165, 1.54) is 5.56 Å². The van der Waals surface area contributed by atoms with Crippen LogP contribution in [0.25, 0.3) is 83.2 Å². The first-order valence-corrected chi connectivity index (χ1v) is 18.1. The largest absolute Gasteiger partial charge is 0.507 e. The van der Waals surface area contributed by atoms with E-state index >= 15 is 0 Å². The second kappa shape index (κ2) is 13.5. The third kappa shape index (κ3) is 5.66. The first kappa shape index (κ1) is 34.5. The average Bonchev–Trinajstić information content (AvgIpc) is 3.81. The zero-order chi connectivity index (χ0) is 36.4. The van der Waals surface area contributed by atoms with Crippen molar-refractivity contribution in [3.8, 4) is 45.2 Å². The molecule has 3 aromatic heterocycles. The van der Waals surface area contributed by atoms with Crippen LogP contribution in [0.4, 0.5) is 0 Å². The molecule has 0 aliphatic heterocycles. The van der Waals surface area contributed by atoms with Crippen LogP contribution in [0.15, 0.2) is 168 Å². The molecule has 0 fully saturated rings. The van der Waals surface area contributed by atoms with Gasteiger partial charge in [0.15, 0.2) is 0 Å². The summed E-state index contributed by atoms with van der Waals surface area (Å²) < 4.78 is 8.80. The van der Waals surface area contributed by atoms with Gasteiger partial charge >= 0.3 is 0 Å². The number of furan rings is 1. The van der Waals surface area contributed by atoms with E-state index in [0.717, 1.165) is 77.4 Å². The molecule has 10 rings (SSSR count). The van der Waals surface area contributed by atoms with E-state index < -0.39 is 0 Å². The Bertz CT molecular complexity index is 3040. The van der Waals surface area contributed by atoms with E-state index in [4.69, 9.17) is 14.4 Å². The number of pyridine rings is 1. The van der Waals surface area contributed by atoms with Crippen molar-refractivity contribution in [1.29, 1.82) is 0 Å². The molecule has 0 atom stereocenters. The molecule has 55 heavy (non-hydrogen) atoms. The van der Waals surface area contributed by atoms with Gasteiger partial charge in [0, 0.05) is 54.8 Å². The number of nitrogens with zero attached hydrogens (tertiary/aromatic N) is 3. The fourth-order valence-corrected chi connectivity index (χ4v) is 7.89. The minimum Gasteiger partial charge on any atom is -0.507 e. The fourth-order valence-electron chi connectivity index (χ4n) is 7.89. The Morgan fingerprint density at radius 2 is 1.36 bits per heavy atom. The number of rotatable bonds is 6. The zero-order valence-corrected chi connectivity index (χ0v) is 32.4. The Kier molecular flexibility index (Phi) is 8.48. The summed E-state index contributed by atoms with van der Waals surface area (Å²) in [5.74, 6) is 0.827. The van der Waals surface area contributed by atoms with Crippen molar-refractivity contribution >= 4 is 43.7 Å². The molecule has 0 aliphatic carbocycles. The number of imidazole rings is 1. The zero-order valence-electron chi connectivity index (χ0n) is 30.1. The standard InChI is InChI=1S/C49H34N3O2.Pt/c1-49(2,34-15-5-3-6-16-34)35-29-32(28-33(30-35)45-47-40(26-27-50-45)44-37-19-10-9-14-31(37)24-25-43(44)54-47)38-21-13-22-41-46(38)51-48(39-20-11-12-23-42(39)53)52(41)36-17-7-4-8-18-36;/h3-27,29-30,53H,1-2H3;/q-1;. The Morgan fingerprint density at radius 1 is 0.655 bits per heavy atom. The minimum absolute atomic E-state index is 0. The molecular weight excluding hydrogens is 858 g/mol. The summed E-state index contributed by atoms with van der Waals surface area (Å²) in [5.41, 5.74) is 10.2. The van der Waals surface area contributed by atoms with Crippen LogP contribution in [0, 0.1) is 6.07 Å². The van der Waals surface area contributed by atoms with Crippen LogP contribution in [-0.2, 0) is 26.5 Å². The summed E-state index contributed by atoms with van der Waals surface area (Å²) in [5, 5.41) is 15.5. The summed E-state index contributed by atoms with van der Waals surface area (Å²) in [6.07, 6.45) is 1.87. The quantitative estimate of drug-likeness (QED) is 0.169. The molecule has 5 nitrogen and oxygen atoms in total. The monoisotopic (exact) mass is 891 g/mol. The first-order valence-electron chi connectivity index (χ1n) is 18.1. The predicted molar refractivity (Wildman–Crippen MR) is 219 cm³/mol. The van der Waals surface area contributed by atoms with Gasteiger partial charge in [-0.3, -0.25) is 9.55 Å². The second-order valence-corrected chi connectivity index (χ2v) is 14.3. The normalized spacial score (nSPS) is 11.7. The summed E-state index contributed by atoms with van der Waals surface area (Å²) >= 11 is 0. The summed E-state index contributed by atoms with van der Waals surface area (Å²) in [6, 6.07) is 57.3. The fraction of sp³-hybridized carbons (Fsp3) is 0.0612. The molecule has 0 saturated carbocycles. The predicted octanol–water partition coefficient (Wildman–Crippen LogP) is 12.3. The van der Waals surface area contributed by atoms with Gasteiger partial charge in [-0.2, -0.15) is 0 Å². The molecule has 268 valence electrons. The molecule has 6 heteroatoms. The van der Waals surface area contributed by atoms with Gasteiger partial charge in [0.25, 0.3) is 0 Å². The molecule has 0 aliphatic rings. The number of aromatic nitrogens is 3. The molecule has 3 heterocycles. The van der Waals surface area contributed by atoms with Crippen molar-refractivity contribution in [1.82, 2.24) is 14.5 Å². The molecule has 0 radical (unpaired) electrons. The third-order valence-electron chi connectivity index (χ3n) is 10.8. The Labute approximate surface area is 332 Å². The molecule has 0 amide bonds. The molecule has 7 aromatic carbocycles. The number of para-hydroxylation sites is 3. The summed E-state index contributed by atoms with van der Waals surface area (Å²) in [6.45, 7) is 4.51. The van der Waals surface area contributed by atoms with Gasteiger partial charge in [-0.25, -0.2) is 4.98 Å². The topological polar surface area (TPSA) is 64.1 Å². The molecule has 0 bridgehead atoms. The minimum atomic E-state index is -0.365. The maximum absolute atomic E-state index is 11.1. The van der Waals surface area contributed by atoms with Crippen molar-refractivity contribution < 1.29 is 30.6 Å². The number of fused-ring (bicyclic) bond motifs is 6. The van der Waals surface area contributed by atoms with Gasteiger partial charge in [0.2, 0.25) is 0 Å². The van der Waals surface area contributed by atoms with Crippen LogP contribution in [0.5, 0.6) is 5.75 Å². The number of phenols is 1. The van der Waals surface area contributed by atoms with Gasteiger partial charge in [0.1, 0.15) is 22.7 Å². The smallest absolute Gasteiger partial charge is 0.148 e. The van der Waals surface area contributed by atoms with Gasteiger partial charge in [-0.05, 0) is 58.8 Å². The van der Waals surface area contributed by atoms with Crippen LogP contribution < -0.4 is 0 Å². The molecule has 1 N–H and O–H groups in total. The van der Waals surface area contributed by atoms with Gasteiger partial charge in [0.05, 0.1) is 16.6 Å². The van der Waals surface area contributed by atoms with Crippen molar-refractivity contribution in [3.05, 3.63) is 181 Å². The Morgan fingerprint density at radius 3 is 2.18 bits per heavy atom. The van der Waals surface area contributed by atoms with Crippen molar-refractivity contribution in [2.75, 3.05) is 0 Å². The number of phenolic OH excluding ortho intramolecular Hbond substituents is 1. The van der Waals surface area contributed by atoms with Gasteiger partial charge in [-0.1, -0.05) is 128 Å². The third-order valence-corrected chi connectivity index (χ3v) is 10.8. The molecule has 0 saturated heterocycles. The molecule has 10 aromatic rings. The maximum Gasteiger partial charge on any atom is 0.148 e. The Hall–Kier alpha value is -6.29. The maximum atomic E-state index is 11.1. The van der Waals surface area contributed by atoms with Gasteiger partial charge in [-0.15, -0.1) is 29.3 Å². The number of aromatic hydroxyl groups is 1.